The fraction of sp³-hybridized carbons (Fsp3) is 0.630. The number of carbonyl (C=O) groups excluding carboxylic acids is 4. The van der Waals surface area contributed by atoms with Crippen LogP contribution in [0.15, 0.2) is 18.2 Å². The Morgan fingerprint density at radius 3 is 2.44 bits per heavy atom. The van der Waals surface area contributed by atoms with E-state index >= 15 is 0 Å². The second-order valence-electron chi connectivity index (χ2n) is 10.6. The van der Waals surface area contributed by atoms with Gasteiger partial charge in [0.05, 0.1) is 0 Å². The molecule has 0 radical (unpaired) electrons. The first-order valence-corrected chi connectivity index (χ1v) is 13.4. The van der Waals surface area contributed by atoms with Gasteiger partial charge in [-0.3, -0.25) is 29.4 Å². The second-order valence-corrected chi connectivity index (χ2v) is 10.6. The number of primary amides is 1. The summed E-state index contributed by atoms with van der Waals surface area (Å²) in [7, 11) is 0. The van der Waals surface area contributed by atoms with Gasteiger partial charge in [0.2, 0.25) is 17.7 Å². The van der Waals surface area contributed by atoms with Gasteiger partial charge in [0.25, 0.3) is 5.91 Å². The Morgan fingerprint density at radius 1 is 0.972 bits per heavy atom. The molecule has 1 aromatic carbocycles. The topological polar surface area (TPSA) is 122 Å². The number of imide groups is 1. The first-order chi connectivity index (χ1) is 17.4. The van der Waals surface area contributed by atoms with Crippen LogP contribution in [0.4, 0.5) is 0 Å². The number of carbonyl (C=O) groups is 4. The minimum atomic E-state index is -0.615. The van der Waals surface area contributed by atoms with Crippen LogP contribution in [0.25, 0.3) is 0 Å². The van der Waals surface area contributed by atoms with Crippen molar-refractivity contribution < 1.29 is 23.9 Å². The summed E-state index contributed by atoms with van der Waals surface area (Å²) in [6, 6.07) is 5.32. The molecular weight excluding hydrogens is 460 g/mol. The number of piperidine rings is 1. The van der Waals surface area contributed by atoms with E-state index in [1.54, 1.807) is 11.0 Å². The van der Waals surface area contributed by atoms with E-state index in [4.69, 9.17) is 10.5 Å². The Bertz CT molecular complexity index is 1030. The van der Waals surface area contributed by atoms with Crippen molar-refractivity contribution in [2.75, 3.05) is 13.1 Å². The van der Waals surface area contributed by atoms with Gasteiger partial charge in [0, 0.05) is 30.5 Å². The lowest BCUT2D eigenvalue weighted by atomic mass is 9.89. The minimum Gasteiger partial charge on any atom is -0.489 e. The highest BCUT2D eigenvalue weighted by Gasteiger charge is 2.39. The van der Waals surface area contributed by atoms with Crippen LogP contribution in [0, 0.1) is 5.92 Å². The van der Waals surface area contributed by atoms with Crippen LogP contribution in [0.2, 0.25) is 0 Å². The average molecular weight is 497 g/mol. The van der Waals surface area contributed by atoms with Crippen molar-refractivity contribution in [1.29, 1.82) is 0 Å². The molecule has 3 heterocycles. The molecule has 1 saturated carbocycles. The molecule has 4 amide bonds. The third-order valence-corrected chi connectivity index (χ3v) is 8.32. The lowest BCUT2D eigenvalue weighted by Gasteiger charge is -2.41. The van der Waals surface area contributed by atoms with Crippen molar-refractivity contribution in [1.82, 2.24) is 15.1 Å². The van der Waals surface area contributed by atoms with Crippen molar-refractivity contribution in [3.63, 3.8) is 0 Å². The highest BCUT2D eigenvalue weighted by Crippen LogP contribution is 2.33. The first-order valence-electron chi connectivity index (χ1n) is 13.4. The van der Waals surface area contributed by atoms with E-state index < -0.39 is 11.9 Å². The molecule has 0 aromatic heterocycles. The standard InChI is InChI=1S/C27H36N4O5/c28-25(33)17-5-3-13-30(14-4-6-17)21-7-1-2-8-23(21)36-19-9-10-20-18(15-19)16-31(27(20)35)22-11-12-24(32)29-26(22)34/h9-10,15,17,21-23H,1-8,11-14,16H2,(H2,28,33)(H,29,32,34). The third-order valence-electron chi connectivity index (χ3n) is 8.32. The van der Waals surface area contributed by atoms with Crippen molar-refractivity contribution in [2.24, 2.45) is 11.7 Å². The zero-order chi connectivity index (χ0) is 25.2. The number of nitrogens with one attached hydrogen (secondary N) is 1. The number of amides is 4. The largest absolute Gasteiger partial charge is 0.489 e. The maximum Gasteiger partial charge on any atom is 0.255 e. The molecule has 3 fully saturated rings. The van der Waals surface area contributed by atoms with Crippen LogP contribution >= 0.6 is 0 Å². The van der Waals surface area contributed by atoms with Crippen LogP contribution < -0.4 is 15.8 Å². The molecule has 3 atom stereocenters. The summed E-state index contributed by atoms with van der Waals surface area (Å²) in [5.74, 6) is -0.274. The van der Waals surface area contributed by atoms with Crippen molar-refractivity contribution in [3.05, 3.63) is 29.3 Å². The Hall–Kier alpha value is -2.94. The molecular formula is C27H36N4O5. The van der Waals surface area contributed by atoms with Crippen LogP contribution in [0.1, 0.15) is 80.1 Å². The summed E-state index contributed by atoms with van der Waals surface area (Å²) in [6.07, 6.45) is 8.71. The Morgan fingerprint density at radius 2 is 1.72 bits per heavy atom. The number of ether oxygens (including phenoxy) is 1. The number of fused-ring (bicyclic) bond motifs is 1. The summed E-state index contributed by atoms with van der Waals surface area (Å²) in [5, 5.41) is 2.35. The lowest BCUT2D eigenvalue weighted by molar-refractivity contribution is -0.137. The number of hydrogen-bond acceptors (Lipinski definition) is 6. The molecule has 0 bridgehead atoms. The number of nitrogens with zero attached hydrogens (tertiary/aromatic N) is 2. The van der Waals surface area contributed by atoms with Crippen molar-refractivity contribution in [2.45, 2.75) is 88.9 Å². The Kier molecular flexibility index (Phi) is 7.27. The summed E-state index contributed by atoms with van der Waals surface area (Å²) in [6.45, 7) is 2.25. The molecule has 36 heavy (non-hydrogen) atoms. The number of benzene rings is 1. The highest BCUT2D eigenvalue weighted by molar-refractivity contribution is 6.05. The molecule has 4 aliphatic rings. The molecule has 2 saturated heterocycles. The van der Waals surface area contributed by atoms with E-state index in [1.807, 2.05) is 12.1 Å². The number of nitrogens with two attached hydrogens (primary N) is 1. The van der Waals surface area contributed by atoms with Gasteiger partial charge in [-0.25, -0.2) is 0 Å². The van der Waals surface area contributed by atoms with Crippen molar-refractivity contribution in [3.8, 4) is 5.75 Å². The maximum atomic E-state index is 13.0. The van der Waals surface area contributed by atoms with Gasteiger partial charge < -0.3 is 15.4 Å². The number of hydrogen-bond donors (Lipinski definition) is 2. The van der Waals surface area contributed by atoms with Gasteiger partial charge in [-0.1, -0.05) is 6.42 Å². The normalized spacial score (nSPS) is 28.3. The van der Waals surface area contributed by atoms with Crippen LogP contribution in [-0.4, -0.2) is 64.7 Å². The van der Waals surface area contributed by atoms with E-state index in [-0.39, 0.29) is 36.2 Å². The molecule has 3 unspecified atom stereocenters. The van der Waals surface area contributed by atoms with Crippen LogP contribution in [0.5, 0.6) is 5.75 Å². The van der Waals surface area contributed by atoms with Gasteiger partial charge in [0.15, 0.2) is 0 Å². The predicted octanol–water partition coefficient (Wildman–Crippen LogP) is 2.12. The van der Waals surface area contributed by atoms with Crippen LogP contribution in [-0.2, 0) is 20.9 Å². The molecule has 5 rings (SSSR count). The summed E-state index contributed by atoms with van der Waals surface area (Å²) in [4.78, 5) is 52.6. The molecule has 0 spiro atoms. The zero-order valence-corrected chi connectivity index (χ0v) is 20.7. The molecule has 3 N–H and O–H groups in total. The molecule has 1 aliphatic carbocycles. The molecule has 194 valence electrons. The van der Waals surface area contributed by atoms with Gasteiger partial charge in [-0.05, 0) is 88.2 Å². The van der Waals surface area contributed by atoms with E-state index in [0.29, 0.717) is 24.6 Å². The average Bonchev–Trinajstić information content (AvgIpc) is 3.15. The Balaban J connectivity index is 1.25. The zero-order valence-electron chi connectivity index (χ0n) is 20.7. The van der Waals surface area contributed by atoms with E-state index in [1.165, 1.54) is 6.42 Å². The first kappa shape index (κ1) is 24.7. The second kappa shape index (κ2) is 10.6. The number of likely N-dealkylation sites (tertiary alicyclic amines) is 1. The van der Waals surface area contributed by atoms with Gasteiger partial charge in [-0.15, -0.1) is 0 Å². The van der Waals surface area contributed by atoms with Gasteiger partial charge in [0.1, 0.15) is 17.9 Å². The molecule has 9 heteroatoms. The van der Waals surface area contributed by atoms with Crippen molar-refractivity contribution >= 4 is 23.6 Å². The maximum absolute atomic E-state index is 13.0. The number of rotatable bonds is 5. The van der Waals surface area contributed by atoms with Gasteiger partial charge in [-0.2, -0.15) is 0 Å². The SMILES string of the molecule is NC(=O)C1CCCN(C2CCCCC2Oc2ccc3c(c2)CN(C2CCC(=O)NC2=O)C3=O)CCC1. The molecule has 1 aromatic rings. The quantitative estimate of drug-likeness (QED) is 0.602. The van der Waals surface area contributed by atoms with E-state index in [9.17, 15) is 19.2 Å². The smallest absolute Gasteiger partial charge is 0.255 e. The molecule has 3 aliphatic heterocycles. The predicted molar refractivity (Wildman–Crippen MR) is 132 cm³/mol. The monoisotopic (exact) mass is 496 g/mol. The summed E-state index contributed by atoms with van der Waals surface area (Å²) >= 11 is 0. The fourth-order valence-corrected chi connectivity index (χ4v) is 6.39. The van der Waals surface area contributed by atoms with Crippen LogP contribution in [0.3, 0.4) is 0 Å². The Labute approximate surface area is 211 Å². The lowest BCUT2D eigenvalue weighted by Crippen LogP contribution is -2.52. The summed E-state index contributed by atoms with van der Waals surface area (Å²) < 4.78 is 6.56. The van der Waals surface area contributed by atoms with E-state index in [0.717, 1.165) is 69.3 Å². The fourth-order valence-electron chi connectivity index (χ4n) is 6.39. The highest BCUT2D eigenvalue weighted by atomic mass is 16.5. The minimum absolute atomic E-state index is 0.000541. The summed E-state index contributed by atoms with van der Waals surface area (Å²) in [5.41, 5.74) is 7.01. The van der Waals surface area contributed by atoms with E-state index in [2.05, 4.69) is 10.2 Å². The molecule has 9 nitrogen and oxygen atoms in total. The third kappa shape index (κ3) is 5.12. The van der Waals surface area contributed by atoms with Gasteiger partial charge >= 0.3 is 0 Å².